The summed E-state index contributed by atoms with van der Waals surface area (Å²) in [7, 11) is 1.65. The Labute approximate surface area is 85.8 Å². The molecule has 0 saturated carbocycles. The van der Waals surface area contributed by atoms with E-state index in [0.29, 0.717) is 16.5 Å². The van der Waals surface area contributed by atoms with E-state index in [9.17, 15) is 4.79 Å². The lowest BCUT2D eigenvalue weighted by Gasteiger charge is -1.93. The zero-order chi connectivity index (χ0) is 12.7. The number of fused-ring (bicyclic) bond motifs is 1. The molecule has 0 bridgehead atoms. The molecule has 0 radical (unpaired) electrons. The number of nitrogens with zero attached hydrogens (tertiary/aromatic N) is 1. The second-order valence-electron chi connectivity index (χ2n) is 3.08. The molecule has 1 heterocycles. The van der Waals surface area contributed by atoms with E-state index in [4.69, 9.17) is 9.22 Å². The first-order chi connectivity index (χ1) is 7.93. The quantitative estimate of drug-likeness (QED) is 0.788. The molecule has 0 amide bonds. The predicted molar refractivity (Wildman–Crippen MR) is 54.3 cm³/mol. The van der Waals surface area contributed by atoms with Crippen LogP contribution in [0.2, 0.25) is 0 Å². The molecule has 0 saturated heterocycles. The number of carboxylic acid groups (broad SMARTS) is 1. The molecule has 72 valence electrons. The van der Waals surface area contributed by atoms with Crippen molar-refractivity contribution in [2.24, 2.45) is 7.05 Å². The smallest absolute Gasteiger partial charge is 0.307 e. The Morgan fingerprint density at radius 2 is 2.50 bits per heavy atom. The summed E-state index contributed by atoms with van der Waals surface area (Å²) in [6.45, 7) is 0. The van der Waals surface area contributed by atoms with E-state index in [1.807, 2.05) is 0 Å². The van der Waals surface area contributed by atoms with Crippen LogP contribution in [-0.4, -0.2) is 15.6 Å². The van der Waals surface area contributed by atoms with Crippen LogP contribution in [0.5, 0.6) is 0 Å². The number of aryl methyl sites for hydroxylation is 1. The second-order valence-corrected chi connectivity index (χ2v) is 3.08. The van der Waals surface area contributed by atoms with Gasteiger partial charge in [-0.1, -0.05) is 18.2 Å². The fourth-order valence-corrected chi connectivity index (χ4v) is 1.49. The maximum Gasteiger partial charge on any atom is 0.307 e. The van der Waals surface area contributed by atoms with E-state index in [2.05, 4.69) is 0 Å². The molecule has 1 N–H and O–H groups in total. The third-order valence-electron chi connectivity index (χ3n) is 2.07. The molecule has 0 aliphatic carbocycles. The molecule has 0 atom stereocenters. The van der Waals surface area contributed by atoms with Crippen molar-refractivity contribution < 1.29 is 14.0 Å². The predicted octanol–water partition coefficient (Wildman–Crippen LogP) is 1.81. The SMILES string of the molecule is [2H]c1ccc2c(c1[2H])c(CC(=O)O)c([2H])n2C. The molecule has 0 aliphatic heterocycles. The highest BCUT2D eigenvalue weighted by Gasteiger charge is 2.08. The molecule has 3 nitrogen and oxygen atoms in total. The maximum absolute atomic E-state index is 10.8. The molecule has 14 heavy (non-hydrogen) atoms. The van der Waals surface area contributed by atoms with Crippen molar-refractivity contribution in [3.8, 4) is 0 Å². The van der Waals surface area contributed by atoms with Crippen molar-refractivity contribution >= 4 is 16.9 Å². The highest BCUT2D eigenvalue weighted by Crippen LogP contribution is 2.20. The molecule has 1 aromatic heterocycles. The standard InChI is InChI=1S/C11H11NO2/c1-12-7-8(6-11(13)14)9-4-2-3-5-10(9)12/h2-5,7H,6H2,1H3,(H,13,14)/i2D,4D,7D. The lowest BCUT2D eigenvalue weighted by atomic mass is 10.1. The first-order valence-corrected chi connectivity index (χ1v) is 4.19. The fraction of sp³-hybridized carbons (Fsp3) is 0.182. The summed E-state index contributed by atoms with van der Waals surface area (Å²) in [4.78, 5) is 10.8. The van der Waals surface area contributed by atoms with E-state index in [1.54, 1.807) is 13.1 Å². The number of aliphatic carboxylic acids is 1. The van der Waals surface area contributed by atoms with Crippen LogP contribution in [0.3, 0.4) is 0 Å². The molecule has 2 rings (SSSR count). The van der Waals surface area contributed by atoms with Gasteiger partial charge in [0.15, 0.2) is 0 Å². The third kappa shape index (κ3) is 1.37. The highest BCUT2D eigenvalue weighted by molar-refractivity contribution is 5.87. The van der Waals surface area contributed by atoms with Crippen molar-refractivity contribution in [3.63, 3.8) is 0 Å². The van der Waals surface area contributed by atoms with E-state index >= 15 is 0 Å². The van der Waals surface area contributed by atoms with Crippen molar-refractivity contribution in [2.75, 3.05) is 0 Å². The Morgan fingerprint density at radius 1 is 1.71 bits per heavy atom. The Hall–Kier alpha value is -1.77. The Balaban J connectivity index is 2.85. The minimum Gasteiger partial charge on any atom is -0.481 e. The Bertz CT molecular complexity index is 619. The molecule has 0 fully saturated rings. The van der Waals surface area contributed by atoms with Gasteiger partial charge >= 0.3 is 5.97 Å². The van der Waals surface area contributed by atoms with Crippen LogP contribution in [0.25, 0.3) is 10.9 Å². The zero-order valence-corrected chi connectivity index (χ0v) is 7.66. The molecular formula is C11H11NO2. The van der Waals surface area contributed by atoms with E-state index in [0.717, 1.165) is 0 Å². The van der Waals surface area contributed by atoms with Crippen molar-refractivity contribution in [1.29, 1.82) is 0 Å². The number of carboxylic acids is 1. The average Bonchev–Trinajstić information content (AvgIpc) is 2.49. The topological polar surface area (TPSA) is 42.2 Å². The van der Waals surface area contributed by atoms with Crippen LogP contribution >= 0.6 is 0 Å². The summed E-state index contributed by atoms with van der Waals surface area (Å²) in [5, 5.41) is 9.22. The van der Waals surface area contributed by atoms with Gasteiger partial charge in [0.1, 0.15) is 0 Å². The first kappa shape index (κ1) is 5.86. The van der Waals surface area contributed by atoms with Crippen molar-refractivity contribution in [1.82, 2.24) is 4.57 Å². The normalized spacial score (nSPS) is 13.6. The molecule has 0 aliphatic rings. The lowest BCUT2D eigenvalue weighted by Crippen LogP contribution is -1.98. The van der Waals surface area contributed by atoms with Crippen LogP contribution in [-0.2, 0) is 18.3 Å². The van der Waals surface area contributed by atoms with Crippen LogP contribution in [0, 0.1) is 0 Å². The van der Waals surface area contributed by atoms with Crippen LogP contribution in [0.1, 0.15) is 9.68 Å². The van der Waals surface area contributed by atoms with Gasteiger partial charge in [-0.15, -0.1) is 0 Å². The van der Waals surface area contributed by atoms with Gasteiger partial charge in [-0.2, -0.15) is 0 Å². The van der Waals surface area contributed by atoms with Gasteiger partial charge < -0.3 is 9.67 Å². The summed E-state index contributed by atoms with van der Waals surface area (Å²) < 4.78 is 24.7. The molecular weight excluding hydrogens is 178 g/mol. The third-order valence-corrected chi connectivity index (χ3v) is 2.07. The molecule has 2 aromatic rings. The van der Waals surface area contributed by atoms with Crippen LogP contribution < -0.4 is 0 Å². The van der Waals surface area contributed by atoms with Gasteiger partial charge in [-0.3, -0.25) is 4.79 Å². The van der Waals surface area contributed by atoms with Gasteiger partial charge in [-0.25, -0.2) is 0 Å². The number of aromatic nitrogens is 1. The van der Waals surface area contributed by atoms with Gasteiger partial charge in [-0.05, 0) is 11.6 Å². The fourth-order valence-electron chi connectivity index (χ4n) is 1.49. The summed E-state index contributed by atoms with van der Waals surface area (Å²) in [6, 6.07) is 3.14. The molecule has 0 unspecified atom stereocenters. The van der Waals surface area contributed by atoms with Crippen molar-refractivity contribution in [2.45, 2.75) is 6.42 Å². The number of hydrogen-bond donors (Lipinski definition) is 1. The van der Waals surface area contributed by atoms with E-state index in [-0.39, 0.29) is 24.7 Å². The summed E-state index contributed by atoms with van der Waals surface area (Å²) >= 11 is 0. The van der Waals surface area contributed by atoms with E-state index in [1.165, 1.54) is 10.6 Å². The zero-order valence-electron chi connectivity index (χ0n) is 10.7. The first-order valence-electron chi connectivity index (χ1n) is 5.69. The van der Waals surface area contributed by atoms with Gasteiger partial charge in [0.25, 0.3) is 0 Å². The van der Waals surface area contributed by atoms with Gasteiger partial charge in [0.05, 0.1) is 10.5 Å². The molecule has 1 aromatic carbocycles. The number of benzene rings is 1. The molecule has 0 spiro atoms. The summed E-state index contributed by atoms with van der Waals surface area (Å²) in [5.41, 5.74) is 0.918. The number of hydrogen-bond acceptors (Lipinski definition) is 1. The van der Waals surface area contributed by atoms with Crippen LogP contribution in [0.4, 0.5) is 0 Å². The van der Waals surface area contributed by atoms with Gasteiger partial charge in [0.2, 0.25) is 0 Å². The minimum absolute atomic E-state index is 0.0205. The Kier molecular flexibility index (Phi) is 1.33. The van der Waals surface area contributed by atoms with Crippen molar-refractivity contribution in [3.05, 3.63) is 36.0 Å². The highest BCUT2D eigenvalue weighted by atomic mass is 16.4. The Morgan fingerprint density at radius 3 is 3.21 bits per heavy atom. The maximum atomic E-state index is 10.8. The number of carbonyl (C=O) groups is 1. The average molecular weight is 192 g/mol. The van der Waals surface area contributed by atoms with E-state index < -0.39 is 5.97 Å². The number of rotatable bonds is 2. The lowest BCUT2D eigenvalue weighted by molar-refractivity contribution is -0.136. The second kappa shape index (κ2) is 3.18. The monoisotopic (exact) mass is 192 g/mol. The summed E-state index contributed by atoms with van der Waals surface area (Å²) in [5.74, 6) is -1.04. The summed E-state index contributed by atoms with van der Waals surface area (Å²) in [6.07, 6.45) is -0.215. The van der Waals surface area contributed by atoms with Gasteiger partial charge in [0, 0.05) is 24.1 Å². The minimum atomic E-state index is -1.04. The van der Waals surface area contributed by atoms with Crippen LogP contribution in [0.15, 0.2) is 30.4 Å². The molecule has 3 heteroatoms. The number of para-hydroxylation sites is 1. The largest absolute Gasteiger partial charge is 0.481 e.